The SMILES string of the molecule is COCC(N)(COC)CC(=O)OC. The van der Waals surface area contributed by atoms with Gasteiger partial charge in [-0.05, 0) is 0 Å². The number of ether oxygens (including phenoxy) is 3. The molecular formula is C8H17NO4. The van der Waals surface area contributed by atoms with E-state index in [4.69, 9.17) is 15.2 Å². The van der Waals surface area contributed by atoms with Gasteiger partial charge in [0.2, 0.25) is 0 Å². The summed E-state index contributed by atoms with van der Waals surface area (Å²) in [5, 5.41) is 0. The third-order valence-electron chi connectivity index (χ3n) is 1.59. The first kappa shape index (κ1) is 12.3. The van der Waals surface area contributed by atoms with Crippen molar-refractivity contribution in [2.45, 2.75) is 12.0 Å². The lowest BCUT2D eigenvalue weighted by molar-refractivity contribution is -0.143. The summed E-state index contributed by atoms with van der Waals surface area (Å²) in [7, 11) is 4.37. The summed E-state index contributed by atoms with van der Waals surface area (Å²) in [5.41, 5.74) is 5.05. The smallest absolute Gasteiger partial charge is 0.307 e. The number of esters is 1. The van der Waals surface area contributed by atoms with Crippen LogP contribution in [0, 0.1) is 0 Å². The molecule has 0 heterocycles. The molecule has 5 heteroatoms. The Morgan fingerprint density at radius 1 is 1.23 bits per heavy atom. The minimum absolute atomic E-state index is 0.0885. The van der Waals surface area contributed by atoms with E-state index in [1.807, 2.05) is 0 Å². The quantitative estimate of drug-likeness (QED) is 0.575. The fourth-order valence-electron chi connectivity index (χ4n) is 1.08. The molecule has 0 aliphatic heterocycles. The Morgan fingerprint density at radius 3 is 2.00 bits per heavy atom. The highest BCUT2D eigenvalue weighted by atomic mass is 16.5. The van der Waals surface area contributed by atoms with Crippen LogP contribution in [0.15, 0.2) is 0 Å². The minimum atomic E-state index is -0.795. The van der Waals surface area contributed by atoms with Crippen molar-refractivity contribution in [3.63, 3.8) is 0 Å². The molecule has 78 valence electrons. The van der Waals surface area contributed by atoms with Gasteiger partial charge >= 0.3 is 5.97 Å². The number of methoxy groups -OCH3 is 3. The number of hydrogen-bond donors (Lipinski definition) is 1. The summed E-state index contributed by atoms with van der Waals surface area (Å²) in [6.07, 6.45) is 0.0885. The lowest BCUT2D eigenvalue weighted by Gasteiger charge is -2.26. The molecule has 5 nitrogen and oxygen atoms in total. The van der Waals surface area contributed by atoms with Crippen LogP contribution in [0.2, 0.25) is 0 Å². The predicted molar refractivity (Wildman–Crippen MR) is 47.3 cm³/mol. The van der Waals surface area contributed by atoms with Crippen molar-refractivity contribution in [1.29, 1.82) is 0 Å². The molecular weight excluding hydrogens is 174 g/mol. The molecule has 0 atom stereocenters. The fourth-order valence-corrected chi connectivity index (χ4v) is 1.08. The first-order chi connectivity index (χ1) is 6.08. The molecule has 0 radical (unpaired) electrons. The largest absolute Gasteiger partial charge is 0.469 e. The first-order valence-corrected chi connectivity index (χ1v) is 3.91. The Bertz CT molecular complexity index is 154. The van der Waals surface area contributed by atoms with E-state index < -0.39 is 5.54 Å². The van der Waals surface area contributed by atoms with Gasteiger partial charge < -0.3 is 19.9 Å². The molecule has 0 aromatic heterocycles. The van der Waals surface area contributed by atoms with E-state index in [0.717, 1.165) is 0 Å². The topological polar surface area (TPSA) is 70.8 Å². The maximum atomic E-state index is 11.0. The van der Waals surface area contributed by atoms with E-state index in [1.54, 1.807) is 0 Å². The molecule has 0 bridgehead atoms. The zero-order chi connectivity index (χ0) is 10.3. The molecule has 0 aromatic rings. The molecule has 0 unspecified atom stereocenters. The molecule has 0 amide bonds. The van der Waals surface area contributed by atoms with Crippen LogP contribution in [0.4, 0.5) is 0 Å². The number of carbonyl (C=O) groups excluding carboxylic acids is 1. The van der Waals surface area contributed by atoms with Gasteiger partial charge in [-0.25, -0.2) is 0 Å². The molecule has 13 heavy (non-hydrogen) atoms. The van der Waals surface area contributed by atoms with Crippen LogP contribution in [-0.4, -0.2) is 46.1 Å². The highest BCUT2D eigenvalue weighted by molar-refractivity contribution is 5.70. The first-order valence-electron chi connectivity index (χ1n) is 3.91. The lowest BCUT2D eigenvalue weighted by atomic mass is 9.99. The predicted octanol–water partition coefficient (Wildman–Crippen LogP) is -0.460. The zero-order valence-corrected chi connectivity index (χ0v) is 8.33. The summed E-state index contributed by atoms with van der Waals surface area (Å²) < 4.78 is 14.3. The van der Waals surface area contributed by atoms with Crippen molar-refractivity contribution in [2.75, 3.05) is 34.5 Å². The van der Waals surface area contributed by atoms with Crippen molar-refractivity contribution in [1.82, 2.24) is 0 Å². The second-order valence-electron chi connectivity index (χ2n) is 2.98. The molecule has 0 rings (SSSR count). The van der Waals surface area contributed by atoms with Crippen molar-refractivity contribution in [2.24, 2.45) is 5.73 Å². The summed E-state index contributed by atoms with van der Waals surface area (Å²) in [6, 6.07) is 0. The number of hydrogen-bond acceptors (Lipinski definition) is 5. The number of nitrogens with two attached hydrogens (primary N) is 1. The second-order valence-corrected chi connectivity index (χ2v) is 2.98. The third-order valence-corrected chi connectivity index (χ3v) is 1.59. The Hall–Kier alpha value is -0.650. The highest BCUT2D eigenvalue weighted by Gasteiger charge is 2.28. The van der Waals surface area contributed by atoms with Crippen molar-refractivity contribution < 1.29 is 19.0 Å². The van der Waals surface area contributed by atoms with E-state index in [1.165, 1.54) is 21.3 Å². The maximum Gasteiger partial charge on any atom is 0.307 e. The summed E-state index contributed by atoms with van der Waals surface area (Å²) in [5.74, 6) is -0.364. The van der Waals surface area contributed by atoms with E-state index >= 15 is 0 Å². The van der Waals surface area contributed by atoms with Crippen LogP contribution in [-0.2, 0) is 19.0 Å². The van der Waals surface area contributed by atoms with Gasteiger partial charge in [-0.15, -0.1) is 0 Å². The number of carbonyl (C=O) groups is 1. The lowest BCUT2D eigenvalue weighted by Crippen LogP contribution is -2.50. The normalized spacial score (nSPS) is 11.4. The molecule has 0 spiro atoms. The van der Waals surface area contributed by atoms with Crippen LogP contribution in [0.25, 0.3) is 0 Å². The van der Waals surface area contributed by atoms with Gasteiger partial charge in [0.25, 0.3) is 0 Å². The molecule has 0 fully saturated rings. The van der Waals surface area contributed by atoms with Gasteiger partial charge in [-0.3, -0.25) is 4.79 Å². The standard InChI is InChI=1S/C8H17NO4/c1-11-5-8(9,6-12-2)4-7(10)13-3/h4-6,9H2,1-3H3. The van der Waals surface area contributed by atoms with Gasteiger partial charge in [0.1, 0.15) is 0 Å². The third kappa shape index (κ3) is 4.82. The van der Waals surface area contributed by atoms with Gasteiger partial charge in [-0.2, -0.15) is 0 Å². The van der Waals surface area contributed by atoms with Crippen LogP contribution >= 0.6 is 0 Å². The highest BCUT2D eigenvalue weighted by Crippen LogP contribution is 2.08. The monoisotopic (exact) mass is 191 g/mol. The maximum absolute atomic E-state index is 11.0. The number of rotatable bonds is 6. The van der Waals surface area contributed by atoms with E-state index in [0.29, 0.717) is 0 Å². The molecule has 0 aromatic carbocycles. The van der Waals surface area contributed by atoms with Crippen molar-refractivity contribution in [3.8, 4) is 0 Å². The minimum Gasteiger partial charge on any atom is -0.469 e. The van der Waals surface area contributed by atoms with E-state index in [9.17, 15) is 4.79 Å². The molecule has 2 N–H and O–H groups in total. The Balaban J connectivity index is 4.13. The van der Waals surface area contributed by atoms with Gasteiger partial charge in [0.15, 0.2) is 0 Å². The van der Waals surface area contributed by atoms with Gasteiger partial charge in [-0.1, -0.05) is 0 Å². The summed E-state index contributed by atoms with van der Waals surface area (Å²) in [4.78, 5) is 11.0. The van der Waals surface area contributed by atoms with E-state index in [-0.39, 0.29) is 25.6 Å². The molecule has 0 aliphatic carbocycles. The average Bonchev–Trinajstić information content (AvgIpc) is 2.04. The summed E-state index contributed by atoms with van der Waals surface area (Å²) >= 11 is 0. The van der Waals surface area contributed by atoms with Gasteiger partial charge in [0, 0.05) is 14.2 Å². The van der Waals surface area contributed by atoms with Crippen LogP contribution in [0.3, 0.4) is 0 Å². The Labute approximate surface area is 78.1 Å². The summed E-state index contributed by atoms with van der Waals surface area (Å²) in [6.45, 7) is 0.520. The van der Waals surface area contributed by atoms with Crippen LogP contribution in [0.1, 0.15) is 6.42 Å². The Morgan fingerprint density at radius 2 is 1.69 bits per heavy atom. The molecule has 0 saturated heterocycles. The van der Waals surface area contributed by atoms with Crippen LogP contribution < -0.4 is 5.73 Å². The van der Waals surface area contributed by atoms with Gasteiger partial charge in [0.05, 0.1) is 32.3 Å². The average molecular weight is 191 g/mol. The van der Waals surface area contributed by atoms with Crippen LogP contribution in [0.5, 0.6) is 0 Å². The zero-order valence-electron chi connectivity index (χ0n) is 8.33. The molecule has 0 aliphatic rings. The second kappa shape index (κ2) is 5.90. The molecule has 0 saturated carbocycles. The van der Waals surface area contributed by atoms with Crippen molar-refractivity contribution in [3.05, 3.63) is 0 Å². The van der Waals surface area contributed by atoms with E-state index in [2.05, 4.69) is 4.74 Å². The fraction of sp³-hybridized carbons (Fsp3) is 0.875. The Kier molecular flexibility index (Phi) is 5.61. The van der Waals surface area contributed by atoms with Crippen molar-refractivity contribution >= 4 is 5.97 Å².